The first-order valence-electron chi connectivity index (χ1n) is 9.37. The standard InChI is InChI=1S/C23H18ClN3O3/c24-16-10-12-17(13-11-16)26-23(30)25-14-20(15-6-2-1-3-7-15)27-21(28)18-8-4-5-9-19(18)22(27)29/h1-13,20H,14H2,(H2,25,26,30). The van der Waals surface area contributed by atoms with Crippen molar-refractivity contribution < 1.29 is 14.4 Å². The summed E-state index contributed by atoms with van der Waals surface area (Å²) in [5.74, 6) is -0.742. The Morgan fingerprint density at radius 3 is 2.00 bits per heavy atom. The fraction of sp³-hybridized carbons (Fsp3) is 0.0870. The summed E-state index contributed by atoms with van der Waals surface area (Å²) in [6.45, 7) is 0.0644. The van der Waals surface area contributed by atoms with Crippen LogP contribution in [0.15, 0.2) is 78.9 Å². The molecule has 0 saturated carbocycles. The van der Waals surface area contributed by atoms with E-state index in [9.17, 15) is 14.4 Å². The number of anilines is 1. The van der Waals surface area contributed by atoms with E-state index >= 15 is 0 Å². The number of amides is 4. The highest BCUT2D eigenvalue weighted by Crippen LogP contribution is 2.31. The average molecular weight is 420 g/mol. The number of nitrogens with one attached hydrogen (secondary N) is 2. The molecule has 2 N–H and O–H groups in total. The maximum Gasteiger partial charge on any atom is 0.319 e. The second-order valence-electron chi connectivity index (χ2n) is 6.79. The molecular weight excluding hydrogens is 402 g/mol. The minimum atomic E-state index is -0.644. The van der Waals surface area contributed by atoms with Crippen LogP contribution in [0.4, 0.5) is 10.5 Å². The van der Waals surface area contributed by atoms with Crippen LogP contribution in [0.3, 0.4) is 0 Å². The lowest BCUT2D eigenvalue weighted by Crippen LogP contribution is -2.42. The molecule has 0 fully saturated rings. The van der Waals surface area contributed by atoms with Crippen molar-refractivity contribution in [3.8, 4) is 0 Å². The third-order valence-electron chi connectivity index (χ3n) is 4.88. The molecule has 1 heterocycles. The molecule has 3 aromatic rings. The number of urea groups is 1. The summed E-state index contributed by atoms with van der Waals surface area (Å²) in [6, 6.07) is 21.5. The van der Waals surface area contributed by atoms with Gasteiger partial charge in [0.2, 0.25) is 0 Å². The van der Waals surface area contributed by atoms with Crippen molar-refractivity contribution in [2.24, 2.45) is 0 Å². The molecule has 0 aliphatic carbocycles. The largest absolute Gasteiger partial charge is 0.335 e. The third kappa shape index (κ3) is 3.90. The fourth-order valence-electron chi connectivity index (χ4n) is 3.42. The molecule has 7 heteroatoms. The third-order valence-corrected chi connectivity index (χ3v) is 5.13. The van der Waals surface area contributed by atoms with E-state index in [1.807, 2.05) is 30.3 Å². The van der Waals surface area contributed by atoms with Gasteiger partial charge in [0.1, 0.15) is 0 Å². The Bertz CT molecular complexity index is 1070. The van der Waals surface area contributed by atoms with Gasteiger partial charge in [-0.25, -0.2) is 4.79 Å². The summed E-state index contributed by atoms with van der Waals surface area (Å²) >= 11 is 5.86. The molecule has 0 radical (unpaired) electrons. The topological polar surface area (TPSA) is 78.5 Å². The van der Waals surface area contributed by atoms with E-state index in [1.54, 1.807) is 48.5 Å². The number of rotatable bonds is 5. The van der Waals surface area contributed by atoms with E-state index in [-0.39, 0.29) is 18.4 Å². The summed E-state index contributed by atoms with van der Waals surface area (Å²) in [7, 11) is 0. The Kier molecular flexibility index (Phi) is 5.50. The number of hydrogen-bond donors (Lipinski definition) is 2. The Hall–Kier alpha value is -3.64. The minimum Gasteiger partial charge on any atom is -0.335 e. The molecule has 30 heavy (non-hydrogen) atoms. The second-order valence-corrected chi connectivity index (χ2v) is 7.23. The SMILES string of the molecule is O=C(NCC(c1ccccc1)N1C(=O)c2ccccc2C1=O)Nc1ccc(Cl)cc1. The van der Waals surface area contributed by atoms with Crippen LogP contribution in [0.5, 0.6) is 0 Å². The summed E-state index contributed by atoms with van der Waals surface area (Å²) in [5.41, 5.74) is 2.07. The first kappa shape index (κ1) is 19.7. The first-order valence-corrected chi connectivity index (χ1v) is 9.74. The molecule has 150 valence electrons. The quantitative estimate of drug-likeness (QED) is 0.598. The van der Waals surface area contributed by atoms with Crippen molar-refractivity contribution in [3.63, 3.8) is 0 Å². The van der Waals surface area contributed by atoms with Gasteiger partial charge >= 0.3 is 6.03 Å². The van der Waals surface area contributed by atoms with Crippen LogP contribution < -0.4 is 10.6 Å². The molecule has 0 spiro atoms. The molecule has 1 aliphatic heterocycles. The fourth-order valence-corrected chi connectivity index (χ4v) is 3.55. The van der Waals surface area contributed by atoms with Crippen molar-refractivity contribution in [2.75, 3.05) is 11.9 Å². The normalized spacial score (nSPS) is 13.7. The van der Waals surface area contributed by atoms with Crippen LogP contribution in [0.2, 0.25) is 5.02 Å². The summed E-state index contributed by atoms with van der Waals surface area (Å²) < 4.78 is 0. The molecule has 6 nitrogen and oxygen atoms in total. The second kappa shape index (κ2) is 8.39. The van der Waals surface area contributed by atoms with E-state index < -0.39 is 12.1 Å². The highest BCUT2D eigenvalue weighted by Gasteiger charge is 2.40. The molecule has 3 aromatic carbocycles. The number of carbonyl (C=O) groups excluding carboxylic acids is 3. The van der Waals surface area contributed by atoms with Gasteiger partial charge in [-0.3, -0.25) is 14.5 Å². The van der Waals surface area contributed by atoms with Gasteiger partial charge in [0.25, 0.3) is 11.8 Å². The lowest BCUT2D eigenvalue weighted by molar-refractivity contribution is 0.0582. The van der Waals surface area contributed by atoms with Gasteiger partial charge in [0.15, 0.2) is 0 Å². The van der Waals surface area contributed by atoms with Gasteiger partial charge in [-0.05, 0) is 42.0 Å². The van der Waals surface area contributed by atoms with Crippen LogP contribution in [-0.4, -0.2) is 29.3 Å². The lowest BCUT2D eigenvalue weighted by atomic mass is 10.1. The Morgan fingerprint density at radius 1 is 0.833 bits per heavy atom. The zero-order chi connectivity index (χ0) is 21.1. The highest BCUT2D eigenvalue weighted by atomic mass is 35.5. The van der Waals surface area contributed by atoms with Crippen molar-refractivity contribution in [2.45, 2.75) is 6.04 Å². The van der Waals surface area contributed by atoms with Crippen molar-refractivity contribution >= 4 is 35.1 Å². The maximum atomic E-state index is 13.0. The molecule has 0 saturated heterocycles. The zero-order valence-electron chi connectivity index (χ0n) is 15.8. The number of halogens is 1. The first-order chi connectivity index (χ1) is 14.5. The number of nitrogens with zero attached hydrogens (tertiary/aromatic N) is 1. The molecule has 4 rings (SSSR count). The van der Waals surface area contributed by atoms with E-state index in [0.717, 1.165) is 5.56 Å². The average Bonchev–Trinajstić information content (AvgIpc) is 3.02. The zero-order valence-corrected chi connectivity index (χ0v) is 16.6. The van der Waals surface area contributed by atoms with Gasteiger partial charge in [-0.2, -0.15) is 0 Å². The number of carbonyl (C=O) groups is 3. The minimum absolute atomic E-state index is 0.0644. The van der Waals surface area contributed by atoms with Crippen LogP contribution in [0.25, 0.3) is 0 Å². The Balaban J connectivity index is 1.54. The molecule has 0 aromatic heterocycles. The molecular formula is C23H18ClN3O3. The monoisotopic (exact) mass is 419 g/mol. The number of benzene rings is 3. The van der Waals surface area contributed by atoms with Gasteiger partial charge in [0, 0.05) is 17.3 Å². The van der Waals surface area contributed by atoms with Gasteiger partial charge in [-0.1, -0.05) is 54.1 Å². The summed E-state index contributed by atoms with van der Waals surface area (Å²) in [4.78, 5) is 39.5. The summed E-state index contributed by atoms with van der Waals surface area (Å²) in [6.07, 6.45) is 0. The molecule has 1 aliphatic rings. The van der Waals surface area contributed by atoms with Crippen LogP contribution in [-0.2, 0) is 0 Å². The van der Waals surface area contributed by atoms with Crippen molar-refractivity contribution in [3.05, 3.63) is 101 Å². The van der Waals surface area contributed by atoms with E-state index in [2.05, 4.69) is 10.6 Å². The number of fused-ring (bicyclic) bond motifs is 1. The van der Waals surface area contributed by atoms with Gasteiger partial charge in [0.05, 0.1) is 17.2 Å². The molecule has 1 atom stereocenters. The van der Waals surface area contributed by atoms with Crippen molar-refractivity contribution in [1.29, 1.82) is 0 Å². The molecule has 0 bridgehead atoms. The van der Waals surface area contributed by atoms with E-state index in [1.165, 1.54) is 4.90 Å². The highest BCUT2D eigenvalue weighted by molar-refractivity contribution is 6.30. The Morgan fingerprint density at radius 2 is 1.40 bits per heavy atom. The predicted molar refractivity (Wildman–Crippen MR) is 115 cm³/mol. The smallest absolute Gasteiger partial charge is 0.319 e. The van der Waals surface area contributed by atoms with E-state index in [4.69, 9.17) is 11.6 Å². The predicted octanol–water partition coefficient (Wildman–Crippen LogP) is 4.50. The van der Waals surface area contributed by atoms with Gasteiger partial charge in [-0.15, -0.1) is 0 Å². The Labute approximate surface area is 178 Å². The number of imide groups is 1. The number of hydrogen-bond acceptors (Lipinski definition) is 3. The van der Waals surface area contributed by atoms with Crippen LogP contribution in [0.1, 0.15) is 32.3 Å². The molecule has 1 unspecified atom stereocenters. The lowest BCUT2D eigenvalue weighted by Gasteiger charge is -2.27. The van der Waals surface area contributed by atoms with Crippen LogP contribution in [0, 0.1) is 0 Å². The van der Waals surface area contributed by atoms with E-state index in [0.29, 0.717) is 21.8 Å². The van der Waals surface area contributed by atoms with Gasteiger partial charge < -0.3 is 10.6 Å². The maximum absolute atomic E-state index is 13.0. The molecule has 4 amide bonds. The summed E-state index contributed by atoms with van der Waals surface area (Å²) in [5, 5.41) is 6.03. The van der Waals surface area contributed by atoms with Crippen LogP contribution >= 0.6 is 11.6 Å². The van der Waals surface area contributed by atoms with Crippen molar-refractivity contribution in [1.82, 2.24) is 10.2 Å².